The van der Waals surface area contributed by atoms with E-state index in [-0.39, 0.29) is 12.1 Å². The van der Waals surface area contributed by atoms with Crippen LogP contribution in [0.3, 0.4) is 0 Å². The Labute approximate surface area is 128 Å². The van der Waals surface area contributed by atoms with Crippen molar-refractivity contribution >= 4 is 11.9 Å². The minimum Gasteiger partial charge on any atom is -0.480 e. The third kappa shape index (κ3) is 3.16. The van der Waals surface area contributed by atoms with Crippen molar-refractivity contribution in [2.75, 3.05) is 0 Å². The van der Waals surface area contributed by atoms with Gasteiger partial charge in [-0.1, -0.05) is 36.8 Å². The number of hydrogen-bond donors (Lipinski definition) is 3. The first-order valence-electron chi connectivity index (χ1n) is 7.04. The zero-order valence-electron chi connectivity index (χ0n) is 12.8. The zero-order chi connectivity index (χ0) is 16.3. The van der Waals surface area contributed by atoms with Crippen LogP contribution < -0.4 is 5.32 Å². The van der Waals surface area contributed by atoms with Crippen molar-refractivity contribution in [3.05, 3.63) is 41.6 Å². The fourth-order valence-electron chi connectivity index (χ4n) is 1.92. The number of amides is 1. The van der Waals surface area contributed by atoms with E-state index in [1.807, 2.05) is 31.2 Å². The molecule has 2 aromatic rings. The number of aromatic nitrogens is 2. The third-order valence-electron chi connectivity index (χ3n) is 3.74. The molecule has 1 aromatic heterocycles. The highest BCUT2D eigenvalue weighted by atomic mass is 16.4. The van der Waals surface area contributed by atoms with Crippen LogP contribution in [0.2, 0.25) is 0 Å². The SMILES string of the molecule is CCC(C)(NC(=O)c1cc(-c2ccc(C)cc2)n[nH]1)C(=O)O. The Morgan fingerprint density at radius 1 is 1.32 bits per heavy atom. The second kappa shape index (κ2) is 6.01. The number of carbonyl (C=O) groups excluding carboxylic acids is 1. The molecule has 116 valence electrons. The van der Waals surface area contributed by atoms with Gasteiger partial charge in [0.15, 0.2) is 0 Å². The van der Waals surface area contributed by atoms with Gasteiger partial charge in [-0.05, 0) is 26.3 Å². The highest BCUT2D eigenvalue weighted by Gasteiger charge is 2.33. The van der Waals surface area contributed by atoms with Crippen LogP contribution in [-0.4, -0.2) is 32.7 Å². The normalized spacial score (nSPS) is 13.4. The van der Waals surface area contributed by atoms with Gasteiger partial charge in [0.25, 0.3) is 5.91 Å². The smallest absolute Gasteiger partial charge is 0.329 e. The molecule has 2 rings (SSSR count). The van der Waals surface area contributed by atoms with Crippen LogP contribution in [0.25, 0.3) is 11.3 Å². The first-order chi connectivity index (χ1) is 10.4. The number of aryl methyl sites for hydroxylation is 1. The molecule has 0 saturated heterocycles. The molecule has 1 atom stereocenters. The van der Waals surface area contributed by atoms with Crippen molar-refractivity contribution in [2.24, 2.45) is 0 Å². The molecule has 3 N–H and O–H groups in total. The molecule has 1 unspecified atom stereocenters. The number of carbonyl (C=O) groups is 2. The lowest BCUT2D eigenvalue weighted by Gasteiger charge is -2.23. The van der Waals surface area contributed by atoms with E-state index < -0.39 is 17.4 Å². The van der Waals surface area contributed by atoms with E-state index in [2.05, 4.69) is 15.5 Å². The fourth-order valence-corrected chi connectivity index (χ4v) is 1.92. The summed E-state index contributed by atoms with van der Waals surface area (Å²) in [6.45, 7) is 5.17. The molecule has 0 aliphatic carbocycles. The van der Waals surface area contributed by atoms with Gasteiger partial charge in [0.2, 0.25) is 0 Å². The molecule has 6 nitrogen and oxygen atoms in total. The number of carboxylic acid groups (broad SMARTS) is 1. The van der Waals surface area contributed by atoms with Gasteiger partial charge >= 0.3 is 5.97 Å². The first-order valence-corrected chi connectivity index (χ1v) is 7.04. The molecule has 0 saturated carbocycles. The van der Waals surface area contributed by atoms with Crippen molar-refractivity contribution in [2.45, 2.75) is 32.7 Å². The zero-order valence-corrected chi connectivity index (χ0v) is 12.8. The number of nitrogens with one attached hydrogen (secondary N) is 2. The fraction of sp³-hybridized carbons (Fsp3) is 0.312. The highest BCUT2D eigenvalue weighted by Crippen LogP contribution is 2.19. The molecule has 0 spiro atoms. The summed E-state index contributed by atoms with van der Waals surface area (Å²) < 4.78 is 0. The molecule has 22 heavy (non-hydrogen) atoms. The van der Waals surface area contributed by atoms with Crippen LogP contribution >= 0.6 is 0 Å². The number of hydrogen-bond acceptors (Lipinski definition) is 3. The Hall–Kier alpha value is -2.63. The topological polar surface area (TPSA) is 95.1 Å². The molecular weight excluding hydrogens is 282 g/mol. The van der Waals surface area contributed by atoms with E-state index in [1.165, 1.54) is 6.92 Å². The summed E-state index contributed by atoms with van der Waals surface area (Å²) >= 11 is 0. The first kappa shape index (κ1) is 15.8. The van der Waals surface area contributed by atoms with Gasteiger partial charge in [0.05, 0.1) is 5.69 Å². The molecule has 1 amide bonds. The van der Waals surface area contributed by atoms with Crippen molar-refractivity contribution in [3.63, 3.8) is 0 Å². The van der Waals surface area contributed by atoms with Crippen LogP contribution in [0.15, 0.2) is 30.3 Å². The standard InChI is InChI=1S/C16H19N3O3/c1-4-16(3,15(21)22)17-14(20)13-9-12(18-19-13)11-7-5-10(2)6-8-11/h5-9H,4H2,1-3H3,(H,17,20)(H,18,19)(H,21,22). The average molecular weight is 301 g/mol. The summed E-state index contributed by atoms with van der Waals surface area (Å²) in [5.74, 6) is -1.56. The molecule has 1 heterocycles. The van der Waals surface area contributed by atoms with Crippen molar-refractivity contribution in [1.29, 1.82) is 0 Å². The molecule has 6 heteroatoms. The highest BCUT2D eigenvalue weighted by molar-refractivity contribution is 5.97. The summed E-state index contributed by atoms with van der Waals surface area (Å²) in [5.41, 5.74) is 1.59. The van der Waals surface area contributed by atoms with E-state index in [0.29, 0.717) is 5.69 Å². The van der Waals surface area contributed by atoms with E-state index in [1.54, 1.807) is 13.0 Å². The van der Waals surface area contributed by atoms with Gasteiger partial charge < -0.3 is 10.4 Å². The number of aromatic amines is 1. The molecule has 0 aliphatic heterocycles. The molecular formula is C16H19N3O3. The van der Waals surface area contributed by atoms with Gasteiger partial charge in [-0.2, -0.15) is 5.10 Å². The Balaban J connectivity index is 2.19. The number of carboxylic acids is 1. The second-order valence-electron chi connectivity index (χ2n) is 5.48. The Bertz CT molecular complexity index is 691. The van der Waals surface area contributed by atoms with Gasteiger partial charge in [-0.25, -0.2) is 4.79 Å². The maximum Gasteiger partial charge on any atom is 0.329 e. The van der Waals surface area contributed by atoms with Crippen LogP contribution in [0.1, 0.15) is 36.3 Å². The Morgan fingerprint density at radius 3 is 2.50 bits per heavy atom. The van der Waals surface area contributed by atoms with E-state index in [9.17, 15) is 14.7 Å². The monoisotopic (exact) mass is 301 g/mol. The van der Waals surface area contributed by atoms with Crippen LogP contribution in [0.4, 0.5) is 0 Å². The summed E-state index contributed by atoms with van der Waals surface area (Å²) in [6, 6.07) is 9.36. The van der Waals surface area contributed by atoms with E-state index in [4.69, 9.17) is 0 Å². The summed E-state index contributed by atoms with van der Waals surface area (Å²) in [6.07, 6.45) is 0.285. The number of benzene rings is 1. The Morgan fingerprint density at radius 2 is 1.95 bits per heavy atom. The molecule has 1 aromatic carbocycles. The maximum atomic E-state index is 12.2. The Kier molecular flexibility index (Phi) is 4.30. The van der Waals surface area contributed by atoms with Crippen LogP contribution in [0, 0.1) is 6.92 Å². The quantitative estimate of drug-likeness (QED) is 0.790. The largest absolute Gasteiger partial charge is 0.480 e. The van der Waals surface area contributed by atoms with E-state index in [0.717, 1.165) is 11.1 Å². The molecule has 0 aliphatic rings. The van der Waals surface area contributed by atoms with Crippen molar-refractivity contribution in [1.82, 2.24) is 15.5 Å². The summed E-state index contributed by atoms with van der Waals surface area (Å²) in [5, 5.41) is 18.5. The predicted molar refractivity (Wildman–Crippen MR) is 82.6 cm³/mol. The number of aliphatic carboxylic acids is 1. The number of rotatable bonds is 5. The van der Waals surface area contributed by atoms with Crippen LogP contribution in [-0.2, 0) is 4.79 Å². The lowest BCUT2D eigenvalue weighted by atomic mass is 9.99. The molecule has 0 bridgehead atoms. The van der Waals surface area contributed by atoms with Crippen LogP contribution in [0.5, 0.6) is 0 Å². The number of H-pyrrole nitrogens is 1. The second-order valence-corrected chi connectivity index (χ2v) is 5.48. The van der Waals surface area contributed by atoms with Gasteiger partial charge in [0.1, 0.15) is 11.2 Å². The third-order valence-corrected chi connectivity index (χ3v) is 3.74. The minimum atomic E-state index is -1.30. The maximum absolute atomic E-state index is 12.2. The summed E-state index contributed by atoms with van der Waals surface area (Å²) in [4.78, 5) is 23.4. The van der Waals surface area contributed by atoms with Crippen molar-refractivity contribution < 1.29 is 14.7 Å². The lowest BCUT2D eigenvalue weighted by Crippen LogP contribution is -2.51. The lowest BCUT2D eigenvalue weighted by molar-refractivity contribution is -0.143. The molecule has 0 fully saturated rings. The average Bonchev–Trinajstić information content (AvgIpc) is 2.97. The van der Waals surface area contributed by atoms with Gasteiger partial charge in [-0.3, -0.25) is 9.89 Å². The predicted octanol–water partition coefficient (Wildman–Crippen LogP) is 2.37. The van der Waals surface area contributed by atoms with E-state index >= 15 is 0 Å². The minimum absolute atomic E-state index is 0.233. The molecule has 0 radical (unpaired) electrons. The van der Waals surface area contributed by atoms with Gasteiger partial charge in [0, 0.05) is 5.56 Å². The van der Waals surface area contributed by atoms with Crippen molar-refractivity contribution in [3.8, 4) is 11.3 Å². The van der Waals surface area contributed by atoms with Gasteiger partial charge in [-0.15, -0.1) is 0 Å². The number of nitrogens with zero attached hydrogens (tertiary/aromatic N) is 1. The summed E-state index contributed by atoms with van der Waals surface area (Å²) in [7, 11) is 0.